The minimum Gasteiger partial charge on any atom is -0.497 e. The number of hydrogen-bond acceptors (Lipinski definition) is 9. The third-order valence-electron chi connectivity index (χ3n) is 15.3. The van der Waals surface area contributed by atoms with Crippen LogP contribution in [0.5, 0.6) is 34.5 Å². The number of fused-ring (bicyclic) bond motifs is 9. The van der Waals surface area contributed by atoms with E-state index in [2.05, 4.69) is 114 Å². The molecule has 2 aliphatic heterocycles. The van der Waals surface area contributed by atoms with Crippen LogP contribution in [0.3, 0.4) is 0 Å². The molecule has 13 rings (SSSR count). The van der Waals surface area contributed by atoms with Crippen molar-refractivity contribution in [2.75, 3.05) is 42.7 Å². The van der Waals surface area contributed by atoms with Crippen LogP contribution in [-0.2, 0) is 5.54 Å². The van der Waals surface area contributed by atoms with Gasteiger partial charge in [-0.05, 0) is 178 Å². The van der Waals surface area contributed by atoms with Crippen molar-refractivity contribution in [2.45, 2.75) is 5.54 Å². The van der Waals surface area contributed by atoms with Crippen molar-refractivity contribution in [2.24, 2.45) is 9.98 Å². The summed E-state index contributed by atoms with van der Waals surface area (Å²) in [6.07, 6.45) is 2.32. The fourth-order valence-electron chi connectivity index (χ4n) is 11.6. The summed E-state index contributed by atoms with van der Waals surface area (Å²) in [6, 6.07) is 69.0. The number of imidazole rings is 1. The van der Waals surface area contributed by atoms with Gasteiger partial charge in [-0.25, -0.2) is 15.0 Å². The molecule has 10 heteroatoms. The molecule has 0 bridgehead atoms. The Balaban J connectivity index is 1.24. The number of methoxy groups -OCH3 is 6. The van der Waals surface area contributed by atoms with E-state index in [9.17, 15) is 0 Å². The second-order valence-corrected chi connectivity index (χ2v) is 19.2. The predicted molar refractivity (Wildman–Crippen MR) is 310 cm³/mol. The summed E-state index contributed by atoms with van der Waals surface area (Å²) in [5.41, 5.74) is 14.7. The number of aliphatic imine (C=N–C) groups is 2. The Morgan fingerprint density at radius 2 is 0.808 bits per heavy atom. The number of ether oxygens (including phenoxy) is 6. The SMILES string of the molecule is COc1ccc(C2=CC(=C3N=C(c4ccc(OC)cc4)C(c4ccc(OC)cc4)=N3)C3(c4ccccc42)c2c(cc(-c4ccc(OC)cc4)c4ccccc24)-c2nc(-c4ccc(OC)cc4)c(-c4ccc(OC)cc4)n23)cc1. The maximum Gasteiger partial charge on any atom is 0.159 e. The summed E-state index contributed by atoms with van der Waals surface area (Å²) in [7, 11) is 10.1. The van der Waals surface area contributed by atoms with Gasteiger partial charge in [0, 0.05) is 39.0 Å². The fraction of sp³-hybridized carbons (Fsp3) is 0.103. The summed E-state index contributed by atoms with van der Waals surface area (Å²) in [4.78, 5) is 17.5. The van der Waals surface area contributed by atoms with Gasteiger partial charge in [-0.3, -0.25) is 0 Å². The monoisotopic (exact) mass is 1020 g/mol. The summed E-state index contributed by atoms with van der Waals surface area (Å²) in [5, 5.41) is 2.14. The molecule has 1 spiro atoms. The number of nitrogens with zero attached hydrogens (tertiary/aromatic N) is 4. The molecular formula is C68H52N4O6. The molecule has 0 N–H and O–H groups in total. The molecule has 0 saturated heterocycles. The van der Waals surface area contributed by atoms with Crippen molar-refractivity contribution in [1.82, 2.24) is 9.55 Å². The van der Waals surface area contributed by atoms with E-state index in [1.54, 1.807) is 42.7 Å². The molecule has 0 radical (unpaired) electrons. The predicted octanol–water partition coefficient (Wildman–Crippen LogP) is 14.5. The molecule has 78 heavy (non-hydrogen) atoms. The molecule has 1 atom stereocenters. The maximum atomic E-state index is 5.90. The Bertz CT molecular complexity index is 4030. The number of aromatic nitrogens is 2. The van der Waals surface area contributed by atoms with Gasteiger partial charge in [-0.1, -0.05) is 72.8 Å². The second kappa shape index (κ2) is 19.3. The van der Waals surface area contributed by atoms with Gasteiger partial charge in [0.15, 0.2) is 5.82 Å². The fourth-order valence-corrected chi connectivity index (χ4v) is 11.6. The number of benzene rings is 9. The topological polar surface area (TPSA) is 97.9 Å². The van der Waals surface area contributed by atoms with Crippen LogP contribution in [-0.4, -0.2) is 63.6 Å². The summed E-state index contributed by atoms with van der Waals surface area (Å²) >= 11 is 0. The highest BCUT2D eigenvalue weighted by Gasteiger charge is 2.55. The average Bonchev–Trinajstić information content (AvgIpc) is 3.53. The van der Waals surface area contributed by atoms with Crippen LogP contribution in [0.25, 0.3) is 61.4 Å². The summed E-state index contributed by atoms with van der Waals surface area (Å²) < 4.78 is 36.7. The molecule has 1 aromatic heterocycles. The normalized spacial score (nSPS) is 15.0. The lowest BCUT2D eigenvalue weighted by Crippen LogP contribution is -2.39. The molecule has 1 aliphatic carbocycles. The number of hydrogen-bond donors (Lipinski definition) is 0. The Morgan fingerprint density at radius 3 is 1.31 bits per heavy atom. The van der Waals surface area contributed by atoms with Gasteiger partial charge < -0.3 is 33.0 Å². The second-order valence-electron chi connectivity index (χ2n) is 19.2. The molecule has 9 aromatic carbocycles. The Labute approximate surface area is 452 Å². The maximum absolute atomic E-state index is 5.90. The van der Waals surface area contributed by atoms with E-state index < -0.39 is 5.54 Å². The zero-order chi connectivity index (χ0) is 53.1. The molecule has 10 nitrogen and oxygen atoms in total. The van der Waals surface area contributed by atoms with Gasteiger partial charge in [0.2, 0.25) is 0 Å². The minimum absolute atomic E-state index is 0.551. The van der Waals surface area contributed by atoms with Gasteiger partial charge >= 0.3 is 0 Å². The molecule has 3 heterocycles. The molecule has 1 unspecified atom stereocenters. The van der Waals surface area contributed by atoms with Gasteiger partial charge in [0.1, 0.15) is 45.9 Å². The number of allylic oxidation sites excluding steroid dienone is 2. The highest BCUT2D eigenvalue weighted by molar-refractivity contribution is 6.55. The average molecular weight is 1020 g/mol. The van der Waals surface area contributed by atoms with Crippen LogP contribution in [0.15, 0.2) is 228 Å². The van der Waals surface area contributed by atoms with Crippen molar-refractivity contribution in [3.8, 4) is 79.5 Å². The van der Waals surface area contributed by atoms with E-state index in [-0.39, 0.29) is 0 Å². The summed E-state index contributed by atoms with van der Waals surface area (Å²) in [6.45, 7) is 0. The number of rotatable bonds is 12. The molecule has 3 aliphatic rings. The third-order valence-corrected chi connectivity index (χ3v) is 15.3. The van der Waals surface area contributed by atoms with Crippen molar-refractivity contribution in [1.29, 1.82) is 0 Å². The Hall–Kier alpha value is -9.93. The highest BCUT2D eigenvalue weighted by atomic mass is 16.5. The van der Waals surface area contributed by atoms with Gasteiger partial charge in [0.25, 0.3) is 0 Å². The van der Waals surface area contributed by atoms with Crippen LogP contribution in [0.4, 0.5) is 0 Å². The van der Waals surface area contributed by atoms with Crippen LogP contribution >= 0.6 is 0 Å². The quantitative estimate of drug-likeness (QED) is 0.120. The molecule has 10 aromatic rings. The van der Waals surface area contributed by atoms with E-state index >= 15 is 0 Å². The first kappa shape index (κ1) is 47.8. The van der Waals surface area contributed by atoms with Crippen molar-refractivity contribution < 1.29 is 28.4 Å². The lowest BCUT2D eigenvalue weighted by Gasteiger charge is -2.42. The summed E-state index contributed by atoms with van der Waals surface area (Å²) in [5.74, 6) is 5.84. The van der Waals surface area contributed by atoms with Crippen molar-refractivity contribution in [3.05, 3.63) is 251 Å². The van der Waals surface area contributed by atoms with Crippen LogP contribution in [0, 0.1) is 0 Å². The standard InChI is InChI=1S/C68H52N4O6/c1-73-47-27-15-41(16-28-47)56-39-58-61(55-13-8-7-11-53(55)56)68(72-65(46-25-37-52(78-6)38-26-46)64(71-67(58)72)45-23-35-51(77-5)36-24-45)59-14-10-9-12-54(59)57(42-17-29-48(74-2)30-18-42)40-60(68)66-69-62(43-19-31-49(75-3)32-20-43)63(70-66)44-21-33-50(76-4)34-22-44/h7-40H,1-6H3. The zero-order valence-corrected chi connectivity index (χ0v) is 43.9. The molecule has 0 amide bonds. The van der Waals surface area contributed by atoms with Crippen LogP contribution < -0.4 is 28.4 Å². The Kier molecular flexibility index (Phi) is 11.8. The third kappa shape index (κ3) is 7.58. The van der Waals surface area contributed by atoms with Gasteiger partial charge in [-0.2, -0.15) is 0 Å². The first-order valence-corrected chi connectivity index (χ1v) is 25.7. The largest absolute Gasteiger partial charge is 0.497 e. The van der Waals surface area contributed by atoms with Crippen molar-refractivity contribution >= 4 is 27.8 Å². The van der Waals surface area contributed by atoms with E-state index in [1.807, 2.05) is 97.1 Å². The molecule has 0 fully saturated rings. The van der Waals surface area contributed by atoms with E-state index in [0.717, 1.165) is 146 Å². The first-order chi connectivity index (χ1) is 38.4. The van der Waals surface area contributed by atoms with E-state index in [1.165, 1.54) is 0 Å². The van der Waals surface area contributed by atoms with Crippen LogP contribution in [0.1, 0.15) is 33.4 Å². The van der Waals surface area contributed by atoms with Crippen LogP contribution in [0.2, 0.25) is 0 Å². The van der Waals surface area contributed by atoms with Crippen molar-refractivity contribution in [3.63, 3.8) is 0 Å². The smallest absolute Gasteiger partial charge is 0.159 e. The molecule has 0 saturated carbocycles. The minimum atomic E-state index is -1.19. The van der Waals surface area contributed by atoms with E-state index in [4.69, 9.17) is 43.4 Å². The van der Waals surface area contributed by atoms with E-state index in [0.29, 0.717) is 5.82 Å². The molecular weight excluding hydrogens is 969 g/mol. The van der Waals surface area contributed by atoms with Gasteiger partial charge in [-0.15, -0.1) is 0 Å². The molecule has 380 valence electrons. The lowest BCUT2D eigenvalue weighted by atomic mass is 9.67. The highest BCUT2D eigenvalue weighted by Crippen LogP contribution is 2.62. The van der Waals surface area contributed by atoms with Gasteiger partial charge in [0.05, 0.1) is 65.5 Å². The first-order valence-electron chi connectivity index (χ1n) is 25.7. The zero-order valence-electron chi connectivity index (χ0n) is 43.9. The lowest BCUT2D eigenvalue weighted by molar-refractivity contribution is 0.414. The Morgan fingerprint density at radius 1 is 0.385 bits per heavy atom.